The molecule has 19 heteroatoms. The quantitative estimate of drug-likeness (QED) is 0.0222. The molecule has 0 saturated heterocycles. The number of carbonyl (C=O) groups is 4. The van der Waals surface area contributed by atoms with E-state index in [0.717, 1.165) is 102 Å². The summed E-state index contributed by atoms with van der Waals surface area (Å²) in [6.45, 7) is 9.51. The first-order chi connectivity index (χ1) is 42.4. The molecule has 0 heterocycles. The van der Waals surface area contributed by atoms with Crippen LogP contribution in [-0.2, 0) is 65.4 Å². The number of carbonyl (C=O) groups excluding carboxylic acids is 4. The largest absolute Gasteiger partial charge is 0.472 e. The predicted octanol–water partition coefficient (Wildman–Crippen LogP) is 19.6. The molecule has 0 fully saturated rings. The third kappa shape index (κ3) is 61.6. The van der Waals surface area contributed by atoms with Gasteiger partial charge in [0.2, 0.25) is 0 Å². The van der Waals surface area contributed by atoms with Crippen molar-refractivity contribution in [3.05, 3.63) is 0 Å². The van der Waals surface area contributed by atoms with Gasteiger partial charge in [-0.25, -0.2) is 9.13 Å². The average Bonchev–Trinajstić information content (AvgIpc) is 3.69. The molecule has 0 rings (SSSR count). The van der Waals surface area contributed by atoms with Crippen LogP contribution in [0.1, 0.15) is 350 Å². The summed E-state index contributed by atoms with van der Waals surface area (Å²) in [6, 6.07) is 0. The van der Waals surface area contributed by atoms with E-state index in [-0.39, 0.29) is 25.7 Å². The van der Waals surface area contributed by atoms with Gasteiger partial charge in [0.15, 0.2) is 12.2 Å². The molecule has 88 heavy (non-hydrogen) atoms. The van der Waals surface area contributed by atoms with Crippen molar-refractivity contribution in [1.82, 2.24) is 0 Å². The van der Waals surface area contributed by atoms with Crippen molar-refractivity contribution in [2.75, 3.05) is 39.6 Å². The molecule has 0 aromatic heterocycles. The number of phosphoric ester groups is 2. The minimum Gasteiger partial charge on any atom is -0.462 e. The highest BCUT2D eigenvalue weighted by Crippen LogP contribution is 2.45. The number of phosphoric acid groups is 2. The third-order valence-electron chi connectivity index (χ3n) is 16.3. The minimum absolute atomic E-state index is 0.106. The third-order valence-corrected chi connectivity index (χ3v) is 18.2. The Hall–Kier alpha value is -1.94. The molecule has 6 atom stereocenters. The standard InChI is InChI=1S/C69H134O17P2/c1-7-10-12-14-16-18-20-21-23-27-33-39-45-51-66(71)79-57-64(85-69(74)54-48-42-35-29-25-24-26-32-38-44-50-62(6)9-3)59-83-87(75,76)81-55-63(70)56-82-88(77,78)84-60-65(58-80-67(72)52-46-40-36-30-31-37-43-49-61(4)5)86-68(73)53-47-41-34-28-22-19-17-15-13-11-8-2/h61-65,70H,7-60H2,1-6H3,(H,75,76)(H,77,78)/t62?,63-,64-,65-/m1/s1. The van der Waals surface area contributed by atoms with Gasteiger partial charge in [0, 0.05) is 25.7 Å². The Morgan fingerprint density at radius 2 is 0.580 bits per heavy atom. The average molecular weight is 1300 g/mol. The molecular formula is C69H134O17P2. The van der Waals surface area contributed by atoms with E-state index >= 15 is 0 Å². The number of rotatable bonds is 68. The van der Waals surface area contributed by atoms with E-state index in [1.165, 1.54) is 161 Å². The number of aliphatic hydroxyl groups is 1. The van der Waals surface area contributed by atoms with Crippen molar-refractivity contribution in [2.45, 2.75) is 368 Å². The van der Waals surface area contributed by atoms with Gasteiger partial charge >= 0.3 is 39.5 Å². The van der Waals surface area contributed by atoms with Crippen molar-refractivity contribution in [3.8, 4) is 0 Å². The van der Waals surface area contributed by atoms with Crippen LogP contribution >= 0.6 is 15.6 Å². The first-order valence-corrected chi connectivity index (χ1v) is 39.0. The van der Waals surface area contributed by atoms with Gasteiger partial charge in [-0.2, -0.15) is 0 Å². The van der Waals surface area contributed by atoms with Gasteiger partial charge in [-0.1, -0.05) is 298 Å². The zero-order valence-electron chi connectivity index (χ0n) is 57.0. The van der Waals surface area contributed by atoms with E-state index in [0.29, 0.717) is 31.6 Å². The smallest absolute Gasteiger partial charge is 0.462 e. The Kier molecular flexibility index (Phi) is 59.9. The molecular weight excluding hydrogens is 1160 g/mol. The molecule has 0 aliphatic carbocycles. The molecule has 0 saturated carbocycles. The highest BCUT2D eigenvalue weighted by Gasteiger charge is 2.30. The Balaban J connectivity index is 5.25. The van der Waals surface area contributed by atoms with Crippen LogP contribution in [0.3, 0.4) is 0 Å². The second kappa shape index (κ2) is 61.3. The monoisotopic (exact) mass is 1300 g/mol. The lowest BCUT2D eigenvalue weighted by molar-refractivity contribution is -0.161. The fourth-order valence-electron chi connectivity index (χ4n) is 10.4. The minimum atomic E-state index is -4.95. The van der Waals surface area contributed by atoms with Gasteiger partial charge in [-0.05, 0) is 37.5 Å². The van der Waals surface area contributed by atoms with Crippen LogP contribution in [0.5, 0.6) is 0 Å². The number of esters is 4. The number of hydrogen-bond donors (Lipinski definition) is 3. The summed E-state index contributed by atoms with van der Waals surface area (Å²) in [6.07, 6.45) is 45.7. The fourth-order valence-corrected chi connectivity index (χ4v) is 12.0. The molecule has 0 aliphatic rings. The van der Waals surface area contributed by atoms with Gasteiger partial charge in [0.25, 0.3) is 0 Å². The summed E-state index contributed by atoms with van der Waals surface area (Å²) in [4.78, 5) is 72.5. The number of unbranched alkanes of at least 4 members (excludes halogenated alkanes) is 37. The second-order valence-corrected chi connectivity index (χ2v) is 28.5. The maximum absolute atomic E-state index is 13.0. The molecule has 17 nitrogen and oxygen atoms in total. The summed E-state index contributed by atoms with van der Waals surface area (Å²) >= 11 is 0. The van der Waals surface area contributed by atoms with Crippen molar-refractivity contribution in [3.63, 3.8) is 0 Å². The summed E-state index contributed by atoms with van der Waals surface area (Å²) < 4.78 is 68.2. The second-order valence-electron chi connectivity index (χ2n) is 25.6. The topological polar surface area (TPSA) is 237 Å². The Labute approximate surface area is 537 Å². The molecule has 0 aromatic carbocycles. The number of hydrogen-bond acceptors (Lipinski definition) is 15. The van der Waals surface area contributed by atoms with Gasteiger partial charge in [-0.3, -0.25) is 37.3 Å². The summed E-state index contributed by atoms with van der Waals surface area (Å²) in [7, 11) is -9.90. The number of aliphatic hydroxyl groups excluding tert-OH is 1. The van der Waals surface area contributed by atoms with Gasteiger partial charge in [-0.15, -0.1) is 0 Å². The van der Waals surface area contributed by atoms with E-state index in [9.17, 15) is 43.2 Å². The maximum atomic E-state index is 13.0. The summed E-state index contributed by atoms with van der Waals surface area (Å²) in [5.74, 6) is -0.616. The summed E-state index contributed by atoms with van der Waals surface area (Å²) in [5.41, 5.74) is 0. The lowest BCUT2D eigenvalue weighted by Crippen LogP contribution is -2.30. The van der Waals surface area contributed by atoms with E-state index < -0.39 is 97.5 Å². The highest BCUT2D eigenvalue weighted by atomic mass is 31.2. The summed E-state index contributed by atoms with van der Waals surface area (Å²) in [5, 5.41) is 10.6. The van der Waals surface area contributed by atoms with Gasteiger partial charge in [0.1, 0.15) is 19.3 Å². The SMILES string of the molecule is CCCCCCCCCCCCCCCC(=O)OC[C@H](COP(=O)(O)OC[C@@H](O)COP(=O)(O)OC[C@@H](COC(=O)CCCCCCCCCC(C)C)OC(=O)CCCCCCCCCCCCC)OC(=O)CCCCCCCCCCCCC(C)CC. The molecule has 0 aliphatic heterocycles. The first-order valence-electron chi connectivity index (χ1n) is 36.0. The first kappa shape index (κ1) is 86.1. The van der Waals surface area contributed by atoms with Crippen molar-refractivity contribution in [1.29, 1.82) is 0 Å². The molecule has 3 N–H and O–H groups in total. The Morgan fingerprint density at radius 3 is 0.864 bits per heavy atom. The zero-order valence-corrected chi connectivity index (χ0v) is 58.8. The molecule has 0 amide bonds. The van der Waals surface area contributed by atoms with Crippen molar-refractivity contribution in [2.24, 2.45) is 11.8 Å². The predicted molar refractivity (Wildman–Crippen MR) is 354 cm³/mol. The van der Waals surface area contributed by atoms with Gasteiger partial charge in [0.05, 0.1) is 26.4 Å². The number of ether oxygens (including phenoxy) is 4. The van der Waals surface area contributed by atoms with Crippen LogP contribution in [0.25, 0.3) is 0 Å². The molecule has 0 bridgehead atoms. The lowest BCUT2D eigenvalue weighted by atomic mass is 9.99. The van der Waals surface area contributed by atoms with Crippen LogP contribution in [0.4, 0.5) is 0 Å². The van der Waals surface area contributed by atoms with Crippen LogP contribution in [0.2, 0.25) is 0 Å². The normalized spacial score (nSPS) is 14.5. The molecule has 0 radical (unpaired) electrons. The van der Waals surface area contributed by atoms with Crippen molar-refractivity contribution < 1.29 is 80.2 Å². The van der Waals surface area contributed by atoms with E-state index in [2.05, 4.69) is 41.5 Å². The zero-order chi connectivity index (χ0) is 65.0. The van der Waals surface area contributed by atoms with E-state index in [1.807, 2.05) is 0 Å². The molecule has 522 valence electrons. The Morgan fingerprint density at radius 1 is 0.330 bits per heavy atom. The maximum Gasteiger partial charge on any atom is 0.472 e. The fraction of sp³-hybridized carbons (Fsp3) is 0.942. The van der Waals surface area contributed by atoms with Crippen LogP contribution < -0.4 is 0 Å². The highest BCUT2D eigenvalue weighted by molar-refractivity contribution is 7.47. The van der Waals surface area contributed by atoms with E-state index in [4.69, 9.17) is 37.0 Å². The van der Waals surface area contributed by atoms with Crippen LogP contribution in [0, 0.1) is 11.8 Å². The van der Waals surface area contributed by atoms with Crippen molar-refractivity contribution >= 4 is 39.5 Å². The van der Waals surface area contributed by atoms with Gasteiger partial charge < -0.3 is 33.8 Å². The van der Waals surface area contributed by atoms with E-state index in [1.54, 1.807) is 0 Å². The lowest BCUT2D eigenvalue weighted by Gasteiger charge is -2.21. The molecule has 0 aromatic rings. The molecule has 0 spiro atoms. The van der Waals surface area contributed by atoms with Crippen LogP contribution in [-0.4, -0.2) is 96.7 Å². The van der Waals surface area contributed by atoms with Crippen LogP contribution in [0.15, 0.2) is 0 Å². The Bertz CT molecular complexity index is 1720. The molecule has 3 unspecified atom stereocenters.